The Morgan fingerprint density at radius 3 is 3.08 bits per heavy atom. The Balaban J connectivity index is 1.76. The molecule has 0 saturated heterocycles. The maximum Gasteiger partial charge on any atom is 0.150 e. The van der Waals surface area contributed by atoms with Gasteiger partial charge in [0.15, 0.2) is 0 Å². The Bertz CT molecular complexity index is 293. The summed E-state index contributed by atoms with van der Waals surface area (Å²) in [6, 6.07) is 1.83. The summed E-state index contributed by atoms with van der Waals surface area (Å²) in [6.07, 6.45) is 5.15. The second-order valence-electron chi connectivity index (χ2n) is 2.62. The highest BCUT2D eigenvalue weighted by Crippen LogP contribution is 1.95. The van der Waals surface area contributed by atoms with E-state index in [-0.39, 0.29) is 0 Å². The molecule has 2 rings (SSSR count). The molecule has 0 aliphatic carbocycles. The SMILES string of the molecule is c1cc(CNCc2ncc[nH]2)on1. The molecule has 0 fully saturated rings. The van der Waals surface area contributed by atoms with Gasteiger partial charge >= 0.3 is 0 Å². The maximum atomic E-state index is 4.91. The van der Waals surface area contributed by atoms with Gasteiger partial charge in [0.05, 0.1) is 19.3 Å². The molecule has 0 radical (unpaired) electrons. The first kappa shape index (κ1) is 8.00. The smallest absolute Gasteiger partial charge is 0.150 e. The number of H-pyrrole nitrogens is 1. The number of aromatic nitrogens is 3. The highest BCUT2D eigenvalue weighted by atomic mass is 16.5. The lowest BCUT2D eigenvalue weighted by atomic mass is 10.4. The molecular weight excluding hydrogens is 168 g/mol. The molecule has 13 heavy (non-hydrogen) atoms. The van der Waals surface area contributed by atoms with Crippen LogP contribution < -0.4 is 5.32 Å². The van der Waals surface area contributed by atoms with Crippen LogP contribution in [0.15, 0.2) is 29.2 Å². The second-order valence-corrected chi connectivity index (χ2v) is 2.62. The van der Waals surface area contributed by atoms with E-state index in [2.05, 4.69) is 20.4 Å². The Morgan fingerprint density at radius 1 is 1.38 bits per heavy atom. The molecule has 5 nitrogen and oxygen atoms in total. The van der Waals surface area contributed by atoms with Gasteiger partial charge in [-0.1, -0.05) is 5.16 Å². The first-order valence-corrected chi connectivity index (χ1v) is 4.03. The van der Waals surface area contributed by atoms with E-state index in [1.807, 2.05) is 6.07 Å². The first-order chi connectivity index (χ1) is 6.45. The minimum Gasteiger partial charge on any atom is -0.360 e. The van der Waals surface area contributed by atoms with Crippen LogP contribution in [0, 0.1) is 0 Å². The van der Waals surface area contributed by atoms with Crippen molar-refractivity contribution in [1.82, 2.24) is 20.4 Å². The molecule has 5 heteroatoms. The molecule has 0 spiro atoms. The van der Waals surface area contributed by atoms with E-state index in [0.717, 1.165) is 11.6 Å². The number of hydrogen-bond donors (Lipinski definition) is 2. The fourth-order valence-electron chi connectivity index (χ4n) is 1.03. The van der Waals surface area contributed by atoms with Crippen molar-refractivity contribution in [2.75, 3.05) is 0 Å². The Kier molecular flexibility index (Phi) is 2.38. The molecule has 0 amide bonds. The van der Waals surface area contributed by atoms with Crippen LogP contribution in [0.25, 0.3) is 0 Å². The van der Waals surface area contributed by atoms with Gasteiger partial charge in [0.2, 0.25) is 0 Å². The van der Waals surface area contributed by atoms with Gasteiger partial charge in [-0.25, -0.2) is 4.98 Å². The lowest BCUT2D eigenvalue weighted by Gasteiger charge is -1.97. The highest BCUT2D eigenvalue weighted by molar-refractivity contribution is 4.93. The standard InChI is InChI=1S/C8H10N4O/c1-2-12-13-7(1)5-9-6-8-10-3-4-11-8/h1-4,9H,5-6H2,(H,10,11). The van der Waals surface area contributed by atoms with Crippen molar-refractivity contribution in [2.45, 2.75) is 13.1 Å². The molecule has 0 bridgehead atoms. The molecule has 0 aliphatic rings. The van der Waals surface area contributed by atoms with Crippen molar-refractivity contribution in [3.05, 3.63) is 36.2 Å². The largest absolute Gasteiger partial charge is 0.360 e. The fourth-order valence-corrected chi connectivity index (χ4v) is 1.03. The van der Waals surface area contributed by atoms with E-state index in [4.69, 9.17) is 4.52 Å². The minimum absolute atomic E-state index is 0.667. The van der Waals surface area contributed by atoms with Crippen molar-refractivity contribution in [3.63, 3.8) is 0 Å². The van der Waals surface area contributed by atoms with Gasteiger partial charge in [0.1, 0.15) is 11.6 Å². The van der Waals surface area contributed by atoms with Crippen molar-refractivity contribution < 1.29 is 4.52 Å². The van der Waals surface area contributed by atoms with E-state index in [9.17, 15) is 0 Å². The van der Waals surface area contributed by atoms with Gasteiger partial charge in [-0.15, -0.1) is 0 Å². The van der Waals surface area contributed by atoms with Gasteiger partial charge in [-0.05, 0) is 0 Å². The molecule has 2 aromatic heterocycles. The summed E-state index contributed by atoms with van der Waals surface area (Å²) >= 11 is 0. The molecule has 0 saturated carbocycles. The van der Waals surface area contributed by atoms with E-state index in [1.165, 1.54) is 0 Å². The second kappa shape index (κ2) is 3.86. The summed E-state index contributed by atoms with van der Waals surface area (Å²) < 4.78 is 4.91. The van der Waals surface area contributed by atoms with Crippen molar-refractivity contribution in [3.8, 4) is 0 Å². The maximum absolute atomic E-state index is 4.91. The third-order valence-electron chi connectivity index (χ3n) is 1.64. The highest BCUT2D eigenvalue weighted by Gasteiger charge is 1.97. The minimum atomic E-state index is 0.667. The third-order valence-corrected chi connectivity index (χ3v) is 1.64. The van der Waals surface area contributed by atoms with Crippen molar-refractivity contribution in [1.29, 1.82) is 0 Å². The monoisotopic (exact) mass is 178 g/mol. The molecule has 2 heterocycles. The number of aromatic amines is 1. The van der Waals surface area contributed by atoms with Crippen LogP contribution in [-0.2, 0) is 13.1 Å². The first-order valence-electron chi connectivity index (χ1n) is 4.03. The number of rotatable bonds is 4. The number of nitrogens with one attached hydrogen (secondary N) is 2. The summed E-state index contributed by atoms with van der Waals surface area (Å²) in [7, 11) is 0. The molecule has 2 aromatic rings. The molecule has 68 valence electrons. The van der Waals surface area contributed by atoms with Gasteiger partial charge in [0.25, 0.3) is 0 Å². The number of hydrogen-bond acceptors (Lipinski definition) is 4. The lowest BCUT2D eigenvalue weighted by Crippen LogP contribution is -2.13. The predicted molar refractivity (Wildman–Crippen MR) is 45.6 cm³/mol. The molecular formula is C8H10N4O. The Labute approximate surface area is 75.2 Å². The summed E-state index contributed by atoms with van der Waals surface area (Å²) in [5, 5.41) is 6.76. The number of nitrogens with zero attached hydrogens (tertiary/aromatic N) is 2. The summed E-state index contributed by atoms with van der Waals surface area (Å²) in [6.45, 7) is 1.37. The summed E-state index contributed by atoms with van der Waals surface area (Å²) in [5.41, 5.74) is 0. The molecule has 0 atom stereocenters. The summed E-state index contributed by atoms with van der Waals surface area (Å²) in [5.74, 6) is 1.74. The van der Waals surface area contributed by atoms with Crippen LogP contribution in [0.1, 0.15) is 11.6 Å². The quantitative estimate of drug-likeness (QED) is 0.722. The normalized spacial score (nSPS) is 10.5. The fraction of sp³-hybridized carbons (Fsp3) is 0.250. The van der Waals surface area contributed by atoms with Gasteiger partial charge < -0.3 is 14.8 Å². The zero-order chi connectivity index (χ0) is 8.93. The third kappa shape index (κ3) is 2.16. The predicted octanol–water partition coefficient (Wildman–Crippen LogP) is 0.687. The van der Waals surface area contributed by atoms with Crippen LogP contribution in [0.2, 0.25) is 0 Å². The zero-order valence-corrected chi connectivity index (χ0v) is 7.03. The van der Waals surface area contributed by atoms with E-state index in [0.29, 0.717) is 13.1 Å². The van der Waals surface area contributed by atoms with E-state index < -0.39 is 0 Å². The number of imidazole rings is 1. The van der Waals surface area contributed by atoms with Crippen molar-refractivity contribution in [2.24, 2.45) is 0 Å². The van der Waals surface area contributed by atoms with E-state index in [1.54, 1.807) is 18.6 Å². The van der Waals surface area contributed by atoms with Crippen LogP contribution in [0.4, 0.5) is 0 Å². The van der Waals surface area contributed by atoms with Crippen LogP contribution in [-0.4, -0.2) is 15.1 Å². The molecule has 0 aromatic carbocycles. The molecule has 0 unspecified atom stereocenters. The van der Waals surface area contributed by atoms with Gasteiger partial charge in [-0.2, -0.15) is 0 Å². The summed E-state index contributed by atoms with van der Waals surface area (Å²) in [4.78, 5) is 7.07. The van der Waals surface area contributed by atoms with Crippen molar-refractivity contribution >= 4 is 0 Å². The average Bonchev–Trinajstić information content (AvgIpc) is 2.75. The Morgan fingerprint density at radius 2 is 2.38 bits per heavy atom. The van der Waals surface area contributed by atoms with Gasteiger partial charge in [0, 0.05) is 18.5 Å². The van der Waals surface area contributed by atoms with Crippen LogP contribution in [0.5, 0.6) is 0 Å². The topological polar surface area (TPSA) is 66.7 Å². The Hall–Kier alpha value is -1.62. The lowest BCUT2D eigenvalue weighted by molar-refractivity contribution is 0.372. The molecule has 0 aliphatic heterocycles. The van der Waals surface area contributed by atoms with Crippen LogP contribution >= 0.6 is 0 Å². The van der Waals surface area contributed by atoms with Crippen LogP contribution in [0.3, 0.4) is 0 Å². The van der Waals surface area contributed by atoms with E-state index >= 15 is 0 Å². The zero-order valence-electron chi connectivity index (χ0n) is 7.03. The molecule has 2 N–H and O–H groups in total. The van der Waals surface area contributed by atoms with Gasteiger partial charge in [-0.3, -0.25) is 0 Å². The average molecular weight is 178 g/mol.